The van der Waals surface area contributed by atoms with E-state index in [9.17, 15) is 18.4 Å². The number of hydrogen-bond acceptors (Lipinski definition) is 5. The first-order valence-electron chi connectivity index (χ1n) is 8.46. The van der Waals surface area contributed by atoms with E-state index in [1.54, 1.807) is 18.2 Å². The third-order valence-electron chi connectivity index (χ3n) is 3.94. The highest BCUT2D eigenvalue weighted by Gasteiger charge is 2.15. The molecule has 0 aliphatic rings. The molecule has 6 nitrogen and oxygen atoms in total. The monoisotopic (exact) mass is 439 g/mol. The van der Waals surface area contributed by atoms with Crippen LogP contribution in [0.3, 0.4) is 0 Å². The second-order valence-corrected chi connectivity index (χ2v) is 7.35. The predicted molar refractivity (Wildman–Crippen MR) is 109 cm³/mol. The molecule has 152 valence electrons. The Morgan fingerprint density at radius 2 is 2.07 bits per heavy atom. The summed E-state index contributed by atoms with van der Waals surface area (Å²) in [5, 5.41) is 3.41. The number of ether oxygens (including phenoxy) is 1. The number of benzene rings is 2. The van der Waals surface area contributed by atoms with Gasteiger partial charge in [-0.25, -0.2) is 13.8 Å². The predicted octanol–water partition coefficient (Wildman–Crippen LogP) is 3.71. The highest BCUT2D eigenvalue weighted by atomic mass is 35.5. The quantitative estimate of drug-likeness (QED) is 0.449. The molecule has 0 aliphatic carbocycles. The number of methoxy groups -OCH3 is 1. The lowest BCUT2D eigenvalue weighted by atomic mass is 10.2. The van der Waals surface area contributed by atoms with Crippen LogP contribution >= 0.6 is 23.4 Å². The number of aromatic nitrogens is 2. The first-order valence-corrected chi connectivity index (χ1v) is 9.82. The Hall–Kier alpha value is -2.49. The Morgan fingerprint density at radius 1 is 1.28 bits per heavy atom. The second-order valence-electron chi connectivity index (χ2n) is 5.97. The minimum Gasteiger partial charge on any atom is -0.383 e. The van der Waals surface area contributed by atoms with Crippen molar-refractivity contribution in [2.75, 3.05) is 24.8 Å². The van der Waals surface area contributed by atoms with Crippen molar-refractivity contribution < 1.29 is 18.3 Å². The number of nitrogens with one attached hydrogen (secondary N) is 1. The zero-order valence-electron chi connectivity index (χ0n) is 15.2. The Bertz CT molecular complexity index is 1120. The third kappa shape index (κ3) is 5.11. The number of nitrogens with zero attached hydrogens (tertiary/aromatic N) is 2. The van der Waals surface area contributed by atoms with Gasteiger partial charge in [0.15, 0.2) is 5.16 Å². The van der Waals surface area contributed by atoms with E-state index in [0.717, 1.165) is 30.0 Å². The Morgan fingerprint density at radius 3 is 2.83 bits per heavy atom. The number of fused-ring (bicyclic) bond motifs is 1. The average Bonchev–Trinajstić information content (AvgIpc) is 2.68. The van der Waals surface area contributed by atoms with Crippen LogP contribution in [-0.4, -0.2) is 34.9 Å². The summed E-state index contributed by atoms with van der Waals surface area (Å²) < 4.78 is 33.4. The van der Waals surface area contributed by atoms with Gasteiger partial charge in [0.1, 0.15) is 11.6 Å². The van der Waals surface area contributed by atoms with E-state index < -0.39 is 17.5 Å². The summed E-state index contributed by atoms with van der Waals surface area (Å²) in [7, 11) is 1.51. The van der Waals surface area contributed by atoms with E-state index in [-0.39, 0.29) is 35.3 Å². The van der Waals surface area contributed by atoms with Crippen LogP contribution in [0.5, 0.6) is 0 Å². The number of anilines is 1. The fourth-order valence-electron chi connectivity index (χ4n) is 2.57. The third-order valence-corrected chi connectivity index (χ3v) is 5.15. The van der Waals surface area contributed by atoms with Gasteiger partial charge in [-0.3, -0.25) is 14.2 Å². The number of carbonyl (C=O) groups excluding carboxylic acids is 1. The first kappa shape index (κ1) is 21.2. The average molecular weight is 440 g/mol. The van der Waals surface area contributed by atoms with Crippen molar-refractivity contribution in [1.82, 2.24) is 9.55 Å². The molecule has 10 heteroatoms. The molecule has 2 aromatic carbocycles. The van der Waals surface area contributed by atoms with Crippen LogP contribution in [0.15, 0.2) is 46.3 Å². The topological polar surface area (TPSA) is 73.2 Å². The summed E-state index contributed by atoms with van der Waals surface area (Å²) in [5.41, 5.74) is -0.149. The number of carbonyl (C=O) groups is 1. The fourth-order valence-corrected chi connectivity index (χ4v) is 3.57. The van der Waals surface area contributed by atoms with Gasteiger partial charge in [-0.15, -0.1) is 0 Å². The van der Waals surface area contributed by atoms with Crippen molar-refractivity contribution >= 4 is 45.9 Å². The van der Waals surface area contributed by atoms with E-state index in [0.29, 0.717) is 15.9 Å². The highest BCUT2D eigenvalue weighted by Crippen LogP contribution is 2.21. The van der Waals surface area contributed by atoms with Gasteiger partial charge in [0.25, 0.3) is 5.56 Å². The van der Waals surface area contributed by atoms with Gasteiger partial charge in [0, 0.05) is 18.2 Å². The van der Waals surface area contributed by atoms with Crippen LogP contribution in [0.4, 0.5) is 14.5 Å². The zero-order valence-corrected chi connectivity index (χ0v) is 16.8. The molecule has 0 radical (unpaired) electrons. The zero-order chi connectivity index (χ0) is 21.0. The smallest absolute Gasteiger partial charge is 0.262 e. The molecule has 3 aromatic rings. The molecule has 0 saturated carbocycles. The van der Waals surface area contributed by atoms with Gasteiger partial charge in [0.05, 0.1) is 35.5 Å². The van der Waals surface area contributed by atoms with Crippen LogP contribution < -0.4 is 10.9 Å². The molecule has 0 spiro atoms. The molecule has 1 heterocycles. The summed E-state index contributed by atoms with van der Waals surface area (Å²) in [4.78, 5) is 29.4. The molecule has 1 amide bonds. The van der Waals surface area contributed by atoms with Crippen LogP contribution in [0.2, 0.25) is 5.02 Å². The Balaban J connectivity index is 1.85. The van der Waals surface area contributed by atoms with Crippen molar-refractivity contribution in [2.45, 2.75) is 11.7 Å². The molecule has 0 saturated heterocycles. The fraction of sp³-hybridized carbons (Fsp3) is 0.211. The van der Waals surface area contributed by atoms with Gasteiger partial charge >= 0.3 is 0 Å². The van der Waals surface area contributed by atoms with Crippen molar-refractivity contribution in [3.05, 3.63) is 63.4 Å². The summed E-state index contributed by atoms with van der Waals surface area (Å²) in [5.74, 6) is -2.16. The molecule has 1 N–H and O–H groups in total. The van der Waals surface area contributed by atoms with Crippen molar-refractivity contribution in [3.63, 3.8) is 0 Å². The SMILES string of the molecule is COCCn1c(SCC(=O)Nc2cc(F)ccc2F)nc2cc(Cl)ccc2c1=O. The molecule has 0 unspecified atom stereocenters. The number of amides is 1. The maximum absolute atomic E-state index is 13.7. The standard InChI is InChI=1S/C19H16ClF2N3O3S/c1-28-7-6-25-18(27)13-4-2-11(20)8-15(13)24-19(25)29-10-17(26)23-16-9-12(21)3-5-14(16)22/h2-5,8-9H,6-7,10H2,1H3,(H,23,26). The second kappa shape index (κ2) is 9.34. The molecule has 29 heavy (non-hydrogen) atoms. The van der Waals surface area contributed by atoms with E-state index in [2.05, 4.69) is 10.3 Å². The van der Waals surface area contributed by atoms with Gasteiger partial charge in [0.2, 0.25) is 5.91 Å². The van der Waals surface area contributed by atoms with Crippen LogP contribution in [0.1, 0.15) is 0 Å². The summed E-state index contributed by atoms with van der Waals surface area (Å²) in [6.45, 7) is 0.512. The molecule has 0 fully saturated rings. The molecule has 1 aromatic heterocycles. The lowest BCUT2D eigenvalue weighted by Gasteiger charge is -2.13. The van der Waals surface area contributed by atoms with E-state index in [1.807, 2.05) is 0 Å². The van der Waals surface area contributed by atoms with Gasteiger partial charge in [-0.1, -0.05) is 23.4 Å². The minimum atomic E-state index is -0.750. The normalized spacial score (nSPS) is 11.0. The minimum absolute atomic E-state index is 0.165. The molecule has 0 atom stereocenters. The van der Waals surface area contributed by atoms with E-state index >= 15 is 0 Å². The lowest BCUT2D eigenvalue weighted by Crippen LogP contribution is -2.26. The first-order chi connectivity index (χ1) is 13.9. The number of halogens is 3. The van der Waals surface area contributed by atoms with Crippen molar-refractivity contribution in [2.24, 2.45) is 0 Å². The van der Waals surface area contributed by atoms with E-state index in [1.165, 1.54) is 11.7 Å². The van der Waals surface area contributed by atoms with Gasteiger partial charge in [-0.05, 0) is 30.3 Å². The summed E-state index contributed by atoms with van der Waals surface area (Å²) in [6.07, 6.45) is 0. The van der Waals surface area contributed by atoms with Crippen LogP contribution in [0.25, 0.3) is 10.9 Å². The van der Waals surface area contributed by atoms with Crippen LogP contribution in [-0.2, 0) is 16.1 Å². The number of rotatable bonds is 7. The van der Waals surface area contributed by atoms with Crippen molar-refractivity contribution in [3.8, 4) is 0 Å². The maximum Gasteiger partial charge on any atom is 0.262 e. The number of thioether (sulfide) groups is 1. The highest BCUT2D eigenvalue weighted by molar-refractivity contribution is 7.99. The lowest BCUT2D eigenvalue weighted by molar-refractivity contribution is -0.113. The van der Waals surface area contributed by atoms with Crippen molar-refractivity contribution in [1.29, 1.82) is 0 Å². The number of hydrogen-bond donors (Lipinski definition) is 1. The maximum atomic E-state index is 13.7. The largest absolute Gasteiger partial charge is 0.383 e. The Labute approximate surface area is 173 Å². The Kier molecular flexibility index (Phi) is 6.83. The van der Waals surface area contributed by atoms with Gasteiger partial charge < -0.3 is 10.1 Å². The van der Waals surface area contributed by atoms with E-state index in [4.69, 9.17) is 16.3 Å². The molecule has 0 bridgehead atoms. The summed E-state index contributed by atoms with van der Waals surface area (Å²) in [6, 6.07) is 7.52. The molecular weight excluding hydrogens is 424 g/mol. The summed E-state index contributed by atoms with van der Waals surface area (Å²) >= 11 is 6.98. The van der Waals surface area contributed by atoms with Gasteiger partial charge in [-0.2, -0.15) is 0 Å². The molecule has 0 aliphatic heterocycles. The molecular formula is C19H16ClF2N3O3S. The van der Waals surface area contributed by atoms with Crippen LogP contribution in [0, 0.1) is 11.6 Å². The molecule has 3 rings (SSSR count).